The van der Waals surface area contributed by atoms with E-state index in [0.717, 1.165) is 13.1 Å². The Kier molecular flexibility index (Phi) is 5.23. The molecule has 1 N–H and O–H groups in total. The third-order valence-corrected chi connectivity index (χ3v) is 5.05. The highest BCUT2D eigenvalue weighted by Crippen LogP contribution is 2.38. The molecule has 0 radical (unpaired) electrons. The van der Waals surface area contributed by atoms with E-state index in [1.165, 1.54) is 17.2 Å². The molecule has 28 heavy (non-hydrogen) atoms. The van der Waals surface area contributed by atoms with E-state index >= 15 is 0 Å². The molecule has 2 aliphatic heterocycles. The molecule has 4 heterocycles. The fourth-order valence-electron chi connectivity index (χ4n) is 3.61. The Bertz CT molecular complexity index is 873. The predicted octanol–water partition coefficient (Wildman–Crippen LogP) is 1.59. The Hall–Kier alpha value is -2.97. The first-order valence-corrected chi connectivity index (χ1v) is 9.19. The topological polar surface area (TPSA) is 96.1 Å². The molecule has 0 unspecified atom stereocenters. The van der Waals surface area contributed by atoms with E-state index in [-0.39, 0.29) is 11.3 Å². The van der Waals surface area contributed by atoms with Gasteiger partial charge < -0.3 is 19.2 Å². The number of carbonyl (C=O) groups is 2. The first-order valence-electron chi connectivity index (χ1n) is 9.19. The number of ether oxygens (including phenoxy) is 1. The van der Waals surface area contributed by atoms with Crippen LogP contribution in [0.4, 0.5) is 0 Å². The summed E-state index contributed by atoms with van der Waals surface area (Å²) in [5.41, 5.74) is 0.687. The molecular formula is C20H21N3O5. The van der Waals surface area contributed by atoms with Gasteiger partial charge in [-0.3, -0.25) is 19.5 Å². The van der Waals surface area contributed by atoms with E-state index in [1.807, 2.05) is 0 Å². The maximum absolute atomic E-state index is 13.0. The first-order chi connectivity index (χ1) is 13.7. The zero-order valence-corrected chi connectivity index (χ0v) is 15.3. The summed E-state index contributed by atoms with van der Waals surface area (Å²) in [5.74, 6) is -1.51. The van der Waals surface area contributed by atoms with Crippen LogP contribution in [-0.2, 0) is 9.53 Å². The van der Waals surface area contributed by atoms with Gasteiger partial charge in [0.15, 0.2) is 11.5 Å². The van der Waals surface area contributed by atoms with Gasteiger partial charge >= 0.3 is 0 Å². The van der Waals surface area contributed by atoms with Crippen molar-refractivity contribution >= 4 is 11.7 Å². The number of hydrogen-bond acceptors (Lipinski definition) is 7. The maximum Gasteiger partial charge on any atom is 0.290 e. The minimum absolute atomic E-state index is 0.0231. The number of nitrogens with zero attached hydrogens (tertiary/aromatic N) is 3. The van der Waals surface area contributed by atoms with Crippen LogP contribution in [0.5, 0.6) is 0 Å². The van der Waals surface area contributed by atoms with Crippen molar-refractivity contribution in [2.75, 3.05) is 39.4 Å². The number of carbonyl (C=O) groups excluding carboxylic acids is 2. The Morgan fingerprint density at radius 3 is 2.71 bits per heavy atom. The quantitative estimate of drug-likeness (QED) is 0.757. The van der Waals surface area contributed by atoms with Gasteiger partial charge in [0, 0.05) is 38.6 Å². The van der Waals surface area contributed by atoms with Gasteiger partial charge in [-0.05, 0) is 23.8 Å². The van der Waals surface area contributed by atoms with Gasteiger partial charge in [0.25, 0.3) is 5.91 Å². The summed E-state index contributed by atoms with van der Waals surface area (Å²) < 4.78 is 10.6. The molecule has 0 aliphatic carbocycles. The summed E-state index contributed by atoms with van der Waals surface area (Å²) in [7, 11) is 0. The molecule has 0 saturated carbocycles. The van der Waals surface area contributed by atoms with Crippen LogP contribution in [0.1, 0.15) is 22.2 Å². The van der Waals surface area contributed by atoms with Crippen molar-refractivity contribution in [3.63, 3.8) is 0 Å². The molecule has 1 amide bonds. The Morgan fingerprint density at radius 2 is 2.04 bits per heavy atom. The van der Waals surface area contributed by atoms with E-state index in [0.29, 0.717) is 31.9 Å². The van der Waals surface area contributed by atoms with Gasteiger partial charge in [0.1, 0.15) is 0 Å². The number of morpholine rings is 1. The van der Waals surface area contributed by atoms with Crippen molar-refractivity contribution in [1.82, 2.24) is 14.8 Å². The third kappa shape index (κ3) is 3.44. The zero-order valence-electron chi connectivity index (χ0n) is 15.3. The average molecular weight is 383 g/mol. The standard InChI is InChI=1S/C20H21N3O5/c24-18(15-4-2-10-28-15)16-17(14-3-1-5-21-13-14)23(20(26)19(16)25)7-6-22-8-11-27-12-9-22/h1-5,10,13,17,25H,6-9,11-12H2/t17-/m1/s1. The highest BCUT2D eigenvalue weighted by Gasteiger charge is 2.44. The number of furan rings is 1. The second-order valence-electron chi connectivity index (χ2n) is 6.71. The van der Waals surface area contributed by atoms with Crippen LogP contribution in [0.2, 0.25) is 0 Å². The molecule has 0 bridgehead atoms. The number of ketones is 1. The van der Waals surface area contributed by atoms with Crippen molar-refractivity contribution in [1.29, 1.82) is 0 Å². The fourth-order valence-corrected chi connectivity index (χ4v) is 3.61. The van der Waals surface area contributed by atoms with Crippen LogP contribution >= 0.6 is 0 Å². The molecule has 0 spiro atoms. The van der Waals surface area contributed by atoms with E-state index in [1.54, 1.807) is 30.6 Å². The number of rotatable bonds is 6. The van der Waals surface area contributed by atoms with E-state index in [9.17, 15) is 14.7 Å². The lowest BCUT2D eigenvalue weighted by molar-refractivity contribution is -0.129. The van der Waals surface area contributed by atoms with Gasteiger partial charge in [-0.25, -0.2) is 0 Å². The van der Waals surface area contributed by atoms with E-state index in [4.69, 9.17) is 9.15 Å². The molecule has 8 nitrogen and oxygen atoms in total. The summed E-state index contributed by atoms with van der Waals surface area (Å²) in [6.45, 7) is 3.89. The number of aromatic nitrogens is 1. The molecule has 0 aromatic carbocycles. The minimum Gasteiger partial charge on any atom is -0.503 e. The summed E-state index contributed by atoms with van der Waals surface area (Å²) in [5, 5.41) is 10.5. The highest BCUT2D eigenvalue weighted by atomic mass is 16.5. The average Bonchev–Trinajstić information content (AvgIpc) is 3.36. The van der Waals surface area contributed by atoms with Crippen LogP contribution in [0.15, 0.2) is 58.7 Å². The lowest BCUT2D eigenvalue weighted by Crippen LogP contribution is -2.43. The molecule has 1 atom stereocenters. The second-order valence-corrected chi connectivity index (χ2v) is 6.71. The number of pyridine rings is 1. The van der Waals surface area contributed by atoms with Crippen molar-refractivity contribution in [3.8, 4) is 0 Å². The number of Topliss-reactive ketones (excluding diaryl/α,β-unsaturated/α-hetero) is 1. The van der Waals surface area contributed by atoms with Crippen LogP contribution < -0.4 is 0 Å². The first kappa shape index (κ1) is 18.4. The molecule has 4 rings (SSSR count). The van der Waals surface area contributed by atoms with E-state index < -0.39 is 23.5 Å². The van der Waals surface area contributed by atoms with Gasteiger partial charge in [-0.15, -0.1) is 0 Å². The molecule has 2 aliphatic rings. The maximum atomic E-state index is 13.0. The SMILES string of the molecule is O=C(C1=C(O)C(=O)N(CCN2CCOCC2)[C@@H]1c1cccnc1)c1ccco1. The summed E-state index contributed by atoms with van der Waals surface area (Å²) >= 11 is 0. The number of aliphatic hydroxyl groups is 1. The van der Waals surface area contributed by atoms with Crippen LogP contribution in [-0.4, -0.2) is 71.0 Å². The molecule has 2 aromatic heterocycles. The zero-order chi connectivity index (χ0) is 19.5. The van der Waals surface area contributed by atoms with Crippen molar-refractivity contribution in [3.05, 3.63) is 65.6 Å². The van der Waals surface area contributed by atoms with Gasteiger partial charge in [0.2, 0.25) is 5.78 Å². The molecule has 8 heteroatoms. The molecule has 1 saturated heterocycles. The molecule has 146 valence electrons. The molecule has 1 fully saturated rings. The second kappa shape index (κ2) is 7.95. The van der Waals surface area contributed by atoms with Crippen molar-refractivity contribution in [2.24, 2.45) is 0 Å². The van der Waals surface area contributed by atoms with E-state index in [2.05, 4.69) is 9.88 Å². The minimum atomic E-state index is -0.708. The monoisotopic (exact) mass is 383 g/mol. The summed E-state index contributed by atoms with van der Waals surface area (Å²) in [6.07, 6.45) is 4.61. The smallest absolute Gasteiger partial charge is 0.290 e. The van der Waals surface area contributed by atoms with Crippen LogP contribution in [0.3, 0.4) is 0 Å². The Labute approximate surface area is 162 Å². The molecule has 2 aromatic rings. The van der Waals surface area contributed by atoms with Gasteiger partial charge in [-0.2, -0.15) is 0 Å². The number of amides is 1. The largest absolute Gasteiger partial charge is 0.503 e. The lowest BCUT2D eigenvalue weighted by atomic mass is 9.96. The Morgan fingerprint density at radius 1 is 1.21 bits per heavy atom. The summed E-state index contributed by atoms with van der Waals surface area (Å²) in [4.78, 5) is 33.6. The summed E-state index contributed by atoms with van der Waals surface area (Å²) in [6, 6.07) is 5.94. The lowest BCUT2D eigenvalue weighted by Gasteiger charge is -2.31. The predicted molar refractivity (Wildman–Crippen MR) is 98.6 cm³/mol. The highest BCUT2D eigenvalue weighted by molar-refractivity contribution is 6.14. The van der Waals surface area contributed by atoms with Crippen molar-refractivity contribution < 1.29 is 23.8 Å². The number of hydrogen-bond donors (Lipinski definition) is 1. The fraction of sp³-hybridized carbons (Fsp3) is 0.350. The number of aliphatic hydroxyl groups excluding tert-OH is 1. The molecular weight excluding hydrogens is 362 g/mol. The third-order valence-electron chi connectivity index (χ3n) is 5.05. The van der Waals surface area contributed by atoms with Crippen LogP contribution in [0, 0.1) is 0 Å². The normalized spacial score (nSPS) is 20.8. The van der Waals surface area contributed by atoms with Gasteiger partial charge in [0.05, 0.1) is 31.1 Å². The van der Waals surface area contributed by atoms with Crippen LogP contribution in [0.25, 0.3) is 0 Å². The Balaban J connectivity index is 1.64. The van der Waals surface area contributed by atoms with Gasteiger partial charge in [-0.1, -0.05) is 6.07 Å². The van der Waals surface area contributed by atoms with Crippen molar-refractivity contribution in [2.45, 2.75) is 6.04 Å².